The van der Waals surface area contributed by atoms with E-state index in [0.29, 0.717) is 23.7 Å². The molecule has 2 amide bonds. The Bertz CT molecular complexity index is 1080. The van der Waals surface area contributed by atoms with Crippen molar-refractivity contribution >= 4 is 39.1 Å². The quantitative estimate of drug-likeness (QED) is 0.497. The summed E-state index contributed by atoms with van der Waals surface area (Å²) in [7, 11) is -3.77. The van der Waals surface area contributed by atoms with E-state index >= 15 is 0 Å². The number of carbonyl (C=O) groups excluding carboxylic acids is 2. The van der Waals surface area contributed by atoms with Crippen LogP contribution in [0.5, 0.6) is 0 Å². The second-order valence-electron chi connectivity index (χ2n) is 8.37. The zero-order valence-corrected chi connectivity index (χ0v) is 22.0. The molecular formula is C25H34ClN3O4S. The second kappa shape index (κ2) is 12.2. The highest BCUT2D eigenvalue weighted by molar-refractivity contribution is 7.92. The summed E-state index contributed by atoms with van der Waals surface area (Å²) in [5, 5.41) is 3.42. The highest BCUT2D eigenvalue weighted by Crippen LogP contribution is 2.27. The number of halogens is 1. The van der Waals surface area contributed by atoms with Gasteiger partial charge in [-0.1, -0.05) is 55.8 Å². The maximum Gasteiger partial charge on any atom is 0.244 e. The molecule has 0 unspecified atom stereocenters. The molecule has 1 atom stereocenters. The molecule has 0 bridgehead atoms. The summed E-state index contributed by atoms with van der Waals surface area (Å²) < 4.78 is 26.7. The number of anilines is 1. The number of aryl methyl sites for hydroxylation is 2. The smallest absolute Gasteiger partial charge is 0.244 e. The summed E-state index contributed by atoms with van der Waals surface area (Å²) in [4.78, 5) is 28.0. The van der Waals surface area contributed by atoms with Gasteiger partial charge >= 0.3 is 0 Å². The van der Waals surface area contributed by atoms with Crippen molar-refractivity contribution < 1.29 is 18.0 Å². The van der Waals surface area contributed by atoms with Crippen LogP contribution in [0.25, 0.3) is 0 Å². The van der Waals surface area contributed by atoms with Gasteiger partial charge in [-0.05, 0) is 55.5 Å². The van der Waals surface area contributed by atoms with Crippen LogP contribution in [0.4, 0.5) is 5.69 Å². The molecule has 0 fully saturated rings. The first-order valence-corrected chi connectivity index (χ1v) is 13.6. The molecule has 2 rings (SSSR count). The van der Waals surface area contributed by atoms with Gasteiger partial charge in [-0.15, -0.1) is 0 Å². The molecule has 0 aromatic heterocycles. The second-order valence-corrected chi connectivity index (χ2v) is 10.7. The molecule has 2 aromatic rings. The summed E-state index contributed by atoms with van der Waals surface area (Å²) in [6.45, 7) is 7.64. The van der Waals surface area contributed by atoms with Gasteiger partial charge in [-0.25, -0.2) is 8.42 Å². The Kier molecular flexibility index (Phi) is 9.94. The molecule has 0 aliphatic rings. The van der Waals surface area contributed by atoms with E-state index in [1.54, 1.807) is 24.3 Å². The lowest BCUT2D eigenvalue weighted by Crippen LogP contribution is -2.52. The predicted octanol–water partition coefficient (Wildman–Crippen LogP) is 4.06. The molecule has 0 heterocycles. The largest absolute Gasteiger partial charge is 0.354 e. The maximum absolute atomic E-state index is 13.7. The summed E-state index contributed by atoms with van der Waals surface area (Å²) in [6, 6.07) is 11.7. The van der Waals surface area contributed by atoms with Gasteiger partial charge in [0.05, 0.1) is 11.9 Å². The van der Waals surface area contributed by atoms with E-state index < -0.39 is 28.5 Å². The molecule has 7 nitrogen and oxygen atoms in total. The molecule has 0 spiro atoms. The summed E-state index contributed by atoms with van der Waals surface area (Å²) >= 11 is 6.01. The third kappa shape index (κ3) is 7.21. The fourth-order valence-corrected chi connectivity index (χ4v) is 4.94. The number of benzene rings is 2. The van der Waals surface area contributed by atoms with Crippen LogP contribution < -0.4 is 9.62 Å². The van der Waals surface area contributed by atoms with E-state index in [1.807, 2.05) is 45.9 Å². The topological polar surface area (TPSA) is 86.8 Å². The van der Waals surface area contributed by atoms with Crippen LogP contribution in [-0.4, -0.2) is 50.5 Å². The number of hydrogen-bond acceptors (Lipinski definition) is 4. The molecule has 34 heavy (non-hydrogen) atoms. The normalized spacial score (nSPS) is 12.2. The number of rotatable bonds is 11. The Morgan fingerprint density at radius 2 is 1.62 bits per heavy atom. The highest BCUT2D eigenvalue weighted by Gasteiger charge is 2.32. The van der Waals surface area contributed by atoms with Crippen LogP contribution in [0.15, 0.2) is 42.5 Å². The molecule has 1 N–H and O–H groups in total. The average molecular weight is 508 g/mol. The Hall–Kier alpha value is -2.58. The number of nitrogens with zero attached hydrogens (tertiary/aromatic N) is 2. The van der Waals surface area contributed by atoms with Crippen LogP contribution in [0.1, 0.15) is 43.4 Å². The predicted molar refractivity (Wildman–Crippen MR) is 137 cm³/mol. The minimum Gasteiger partial charge on any atom is -0.354 e. The lowest BCUT2D eigenvalue weighted by atomic mass is 10.1. The number of para-hydroxylation sites is 1. The fraction of sp³-hybridized carbons (Fsp3) is 0.440. The van der Waals surface area contributed by atoms with Gasteiger partial charge < -0.3 is 10.2 Å². The maximum atomic E-state index is 13.7. The van der Waals surface area contributed by atoms with Crippen LogP contribution in [0.2, 0.25) is 5.02 Å². The highest BCUT2D eigenvalue weighted by atomic mass is 35.5. The SMILES string of the molecule is CCCNC(=O)[C@H](CC)N(Cc1ccc(Cl)cc1)C(=O)CN(c1c(C)cccc1C)S(C)(=O)=O. The third-order valence-corrected chi connectivity index (χ3v) is 6.93. The van der Waals surface area contributed by atoms with E-state index in [-0.39, 0.29) is 12.5 Å². The number of nitrogens with one attached hydrogen (secondary N) is 1. The monoisotopic (exact) mass is 507 g/mol. The van der Waals surface area contributed by atoms with E-state index in [4.69, 9.17) is 11.6 Å². The van der Waals surface area contributed by atoms with Crippen molar-refractivity contribution in [1.82, 2.24) is 10.2 Å². The summed E-state index contributed by atoms with van der Waals surface area (Å²) in [6.07, 6.45) is 2.24. The Labute approximate surface area is 208 Å². The summed E-state index contributed by atoms with van der Waals surface area (Å²) in [5.74, 6) is -0.717. The average Bonchev–Trinajstić information content (AvgIpc) is 2.77. The minimum absolute atomic E-state index is 0.151. The Morgan fingerprint density at radius 1 is 1.03 bits per heavy atom. The van der Waals surface area contributed by atoms with Gasteiger partial charge in [0.15, 0.2) is 0 Å². The lowest BCUT2D eigenvalue weighted by Gasteiger charge is -2.33. The van der Waals surface area contributed by atoms with Crippen molar-refractivity contribution in [1.29, 1.82) is 0 Å². The molecule has 9 heteroatoms. The molecule has 0 saturated carbocycles. The first-order chi connectivity index (χ1) is 16.0. The number of carbonyl (C=O) groups is 2. The Balaban J connectivity index is 2.47. The molecular weight excluding hydrogens is 474 g/mol. The van der Waals surface area contributed by atoms with E-state index in [0.717, 1.165) is 33.7 Å². The minimum atomic E-state index is -3.77. The van der Waals surface area contributed by atoms with Crippen molar-refractivity contribution in [3.05, 3.63) is 64.2 Å². The molecule has 0 aliphatic heterocycles. The van der Waals surface area contributed by atoms with Gasteiger partial charge in [-0.2, -0.15) is 0 Å². The van der Waals surface area contributed by atoms with Crippen LogP contribution in [0, 0.1) is 13.8 Å². The first-order valence-electron chi connectivity index (χ1n) is 11.3. The van der Waals surface area contributed by atoms with E-state index in [9.17, 15) is 18.0 Å². The zero-order chi connectivity index (χ0) is 25.5. The van der Waals surface area contributed by atoms with Gasteiger partial charge in [0, 0.05) is 18.1 Å². The van der Waals surface area contributed by atoms with Gasteiger partial charge in [0.2, 0.25) is 21.8 Å². The summed E-state index contributed by atoms with van der Waals surface area (Å²) in [5.41, 5.74) is 2.76. The van der Waals surface area contributed by atoms with Gasteiger partial charge in [0.1, 0.15) is 12.6 Å². The lowest BCUT2D eigenvalue weighted by molar-refractivity contribution is -0.140. The van der Waals surface area contributed by atoms with Crippen molar-refractivity contribution in [3.8, 4) is 0 Å². The molecule has 0 saturated heterocycles. The fourth-order valence-electron chi connectivity index (χ4n) is 3.85. The van der Waals surface area contributed by atoms with Crippen molar-refractivity contribution in [3.63, 3.8) is 0 Å². The van der Waals surface area contributed by atoms with Crippen LogP contribution in [0.3, 0.4) is 0 Å². The zero-order valence-electron chi connectivity index (χ0n) is 20.5. The molecule has 0 radical (unpaired) electrons. The molecule has 2 aromatic carbocycles. The van der Waals surface area contributed by atoms with E-state index in [1.165, 1.54) is 4.90 Å². The van der Waals surface area contributed by atoms with E-state index in [2.05, 4.69) is 5.32 Å². The van der Waals surface area contributed by atoms with Gasteiger partial charge in [-0.3, -0.25) is 13.9 Å². The third-order valence-electron chi connectivity index (χ3n) is 5.57. The van der Waals surface area contributed by atoms with Crippen LogP contribution >= 0.6 is 11.6 Å². The van der Waals surface area contributed by atoms with Crippen molar-refractivity contribution in [2.75, 3.05) is 23.7 Å². The van der Waals surface area contributed by atoms with Crippen molar-refractivity contribution in [2.24, 2.45) is 0 Å². The van der Waals surface area contributed by atoms with Crippen molar-refractivity contribution in [2.45, 2.75) is 53.1 Å². The van der Waals surface area contributed by atoms with Crippen LogP contribution in [-0.2, 0) is 26.2 Å². The standard InChI is InChI=1S/C25H34ClN3O4S/c1-6-15-27-25(31)22(7-2)28(16-20-11-13-21(26)14-12-20)23(30)17-29(34(5,32)33)24-18(3)9-8-10-19(24)4/h8-14,22H,6-7,15-17H2,1-5H3,(H,27,31)/t22-/m0/s1. The molecule has 186 valence electrons. The molecule has 0 aliphatic carbocycles. The first kappa shape index (κ1) is 27.7. The number of amides is 2. The number of sulfonamides is 1. The number of hydrogen-bond donors (Lipinski definition) is 1. The Morgan fingerprint density at radius 3 is 2.12 bits per heavy atom. The van der Waals surface area contributed by atoms with Gasteiger partial charge in [0.25, 0.3) is 0 Å².